The van der Waals surface area contributed by atoms with Crippen molar-refractivity contribution in [2.45, 2.75) is 0 Å². The maximum absolute atomic E-state index is 5.06. The number of nitrogens with two attached hydrogens (primary N) is 3. The van der Waals surface area contributed by atoms with Gasteiger partial charge in [0.2, 0.25) is 0 Å². The van der Waals surface area contributed by atoms with Crippen LogP contribution in [0.3, 0.4) is 0 Å². The molecule has 0 aliphatic carbocycles. The van der Waals surface area contributed by atoms with E-state index < -0.39 is 0 Å². The molecule has 0 aromatic heterocycles. The summed E-state index contributed by atoms with van der Waals surface area (Å²) in [5.74, 6) is 0.102. The number of rotatable bonds is 2. The second-order valence-corrected chi connectivity index (χ2v) is 1.10. The molecule has 0 radical (unpaired) electrons. The molecular formula is C3H11IN4. The van der Waals surface area contributed by atoms with E-state index in [4.69, 9.17) is 17.2 Å². The van der Waals surface area contributed by atoms with E-state index in [1.54, 1.807) is 0 Å². The number of halogens is 1. The molecule has 0 fully saturated rings. The number of guanidine groups is 1. The van der Waals surface area contributed by atoms with Gasteiger partial charge in [0, 0.05) is 6.54 Å². The van der Waals surface area contributed by atoms with Gasteiger partial charge in [0.1, 0.15) is 0 Å². The maximum Gasteiger partial charge on any atom is 0.185 e. The molecule has 0 spiro atoms. The molecule has 8 heavy (non-hydrogen) atoms. The van der Waals surface area contributed by atoms with Crippen LogP contribution in [0.25, 0.3) is 0 Å². The average molecular weight is 230 g/mol. The van der Waals surface area contributed by atoms with Crippen LogP contribution in [0.15, 0.2) is 4.99 Å². The normalized spacial score (nSPS) is 7.12. The molecule has 0 bridgehead atoms. The van der Waals surface area contributed by atoms with Crippen molar-refractivity contribution in [1.29, 1.82) is 0 Å². The highest BCUT2D eigenvalue weighted by Gasteiger charge is 1.74. The summed E-state index contributed by atoms with van der Waals surface area (Å²) in [6.07, 6.45) is 0. The molecule has 50 valence electrons. The third kappa shape index (κ3) is 9.35. The lowest BCUT2D eigenvalue weighted by Gasteiger charge is -1.86. The standard InChI is InChI=1S/C3H10N4.HI/c4-1-2-7-3(5)6;/h1-2,4H2,(H4,5,6,7);1H. The van der Waals surface area contributed by atoms with E-state index >= 15 is 0 Å². The van der Waals surface area contributed by atoms with Gasteiger partial charge >= 0.3 is 0 Å². The van der Waals surface area contributed by atoms with Crippen LogP contribution in [0, 0.1) is 0 Å². The summed E-state index contributed by atoms with van der Waals surface area (Å²) in [4.78, 5) is 3.59. The summed E-state index contributed by atoms with van der Waals surface area (Å²) < 4.78 is 0. The van der Waals surface area contributed by atoms with Gasteiger partial charge in [-0.3, -0.25) is 4.99 Å². The largest absolute Gasteiger partial charge is 0.370 e. The van der Waals surface area contributed by atoms with E-state index in [9.17, 15) is 0 Å². The van der Waals surface area contributed by atoms with Crippen LogP contribution in [0.5, 0.6) is 0 Å². The van der Waals surface area contributed by atoms with E-state index in [2.05, 4.69) is 4.99 Å². The molecule has 0 amide bonds. The molecule has 0 unspecified atom stereocenters. The highest BCUT2D eigenvalue weighted by atomic mass is 127. The summed E-state index contributed by atoms with van der Waals surface area (Å²) in [7, 11) is 0. The minimum absolute atomic E-state index is 0. The number of hydrogen-bond acceptors (Lipinski definition) is 2. The summed E-state index contributed by atoms with van der Waals surface area (Å²) in [5, 5.41) is 0. The Morgan fingerprint density at radius 3 is 2.00 bits per heavy atom. The Bertz CT molecular complexity index is 67.7. The van der Waals surface area contributed by atoms with Gasteiger partial charge in [-0.2, -0.15) is 0 Å². The number of aliphatic imine (C=N–C) groups is 1. The lowest BCUT2D eigenvalue weighted by atomic mass is 10.7. The fraction of sp³-hybridized carbons (Fsp3) is 0.667. The quantitative estimate of drug-likeness (QED) is 0.317. The van der Waals surface area contributed by atoms with E-state index in [1.165, 1.54) is 0 Å². The van der Waals surface area contributed by atoms with Gasteiger partial charge in [0.15, 0.2) is 5.96 Å². The summed E-state index contributed by atoms with van der Waals surface area (Å²) in [6, 6.07) is 0. The molecule has 0 heterocycles. The Balaban J connectivity index is 0. The lowest BCUT2D eigenvalue weighted by Crippen LogP contribution is -2.24. The Morgan fingerprint density at radius 1 is 1.38 bits per heavy atom. The van der Waals surface area contributed by atoms with E-state index in [0.717, 1.165) is 0 Å². The van der Waals surface area contributed by atoms with Crippen molar-refractivity contribution < 1.29 is 0 Å². The second kappa shape index (κ2) is 6.96. The highest BCUT2D eigenvalue weighted by Crippen LogP contribution is 1.58. The molecule has 0 aromatic carbocycles. The van der Waals surface area contributed by atoms with E-state index in [-0.39, 0.29) is 29.9 Å². The van der Waals surface area contributed by atoms with E-state index in [1.807, 2.05) is 0 Å². The first-order valence-electron chi connectivity index (χ1n) is 2.03. The van der Waals surface area contributed by atoms with Crippen molar-refractivity contribution in [2.75, 3.05) is 13.1 Å². The van der Waals surface area contributed by atoms with Crippen molar-refractivity contribution in [2.24, 2.45) is 22.2 Å². The predicted molar refractivity (Wildman–Crippen MR) is 45.1 cm³/mol. The molecule has 0 saturated carbocycles. The van der Waals surface area contributed by atoms with Crippen LogP contribution < -0.4 is 17.2 Å². The molecule has 5 heteroatoms. The first-order chi connectivity index (χ1) is 3.27. The number of nitrogens with zero attached hydrogens (tertiary/aromatic N) is 1. The molecule has 0 rings (SSSR count). The molecule has 0 saturated heterocycles. The van der Waals surface area contributed by atoms with Crippen molar-refractivity contribution >= 4 is 29.9 Å². The fourth-order valence-electron chi connectivity index (χ4n) is 0.194. The fourth-order valence-corrected chi connectivity index (χ4v) is 0.194. The van der Waals surface area contributed by atoms with Crippen molar-refractivity contribution in [1.82, 2.24) is 0 Å². The van der Waals surface area contributed by atoms with Crippen LogP contribution in [0.2, 0.25) is 0 Å². The average Bonchev–Trinajstić information content (AvgIpc) is 1.61. The molecule has 6 N–H and O–H groups in total. The minimum Gasteiger partial charge on any atom is -0.370 e. The smallest absolute Gasteiger partial charge is 0.185 e. The second-order valence-electron chi connectivity index (χ2n) is 1.10. The van der Waals surface area contributed by atoms with Gasteiger partial charge in [-0.1, -0.05) is 0 Å². The molecule has 0 aliphatic rings. The summed E-state index contributed by atoms with van der Waals surface area (Å²) >= 11 is 0. The predicted octanol–water partition coefficient (Wildman–Crippen LogP) is -1.16. The summed E-state index contributed by atoms with van der Waals surface area (Å²) in [6.45, 7) is 1.01. The zero-order valence-electron chi connectivity index (χ0n) is 4.50. The maximum atomic E-state index is 5.06. The summed E-state index contributed by atoms with van der Waals surface area (Å²) in [5.41, 5.74) is 15.0. The van der Waals surface area contributed by atoms with Gasteiger partial charge in [0.05, 0.1) is 6.54 Å². The van der Waals surface area contributed by atoms with Crippen LogP contribution in [-0.4, -0.2) is 19.0 Å². The first kappa shape index (κ1) is 10.9. The topological polar surface area (TPSA) is 90.4 Å². The minimum atomic E-state index is 0. The molecule has 4 nitrogen and oxygen atoms in total. The molecule has 0 aromatic rings. The third-order valence-corrected chi connectivity index (χ3v) is 0.423. The van der Waals surface area contributed by atoms with Gasteiger partial charge < -0.3 is 17.2 Å². The molecule has 0 atom stereocenters. The van der Waals surface area contributed by atoms with Crippen molar-refractivity contribution in [3.63, 3.8) is 0 Å². The van der Waals surface area contributed by atoms with Gasteiger partial charge in [-0.15, -0.1) is 24.0 Å². The lowest BCUT2D eigenvalue weighted by molar-refractivity contribution is 0.970. The van der Waals surface area contributed by atoms with Crippen LogP contribution >= 0.6 is 24.0 Å². The third-order valence-electron chi connectivity index (χ3n) is 0.423. The Labute approximate surface area is 65.5 Å². The first-order valence-corrected chi connectivity index (χ1v) is 2.03. The molecular weight excluding hydrogens is 219 g/mol. The van der Waals surface area contributed by atoms with Gasteiger partial charge in [0.25, 0.3) is 0 Å². The monoisotopic (exact) mass is 230 g/mol. The molecule has 0 aliphatic heterocycles. The SMILES string of the molecule is I.NCCN=C(N)N. The zero-order valence-corrected chi connectivity index (χ0v) is 6.83. The Kier molecular flexibility index (Phi) is 9.44. The van der Waals surface area contributed by atoms with Crippen LogP contribution in [-0.2, 0) is 0 Å². The van der Waals surface area contributed by atoms with Crippen molar-refractivity contribution in [3.8, 4) is 0 Å². The highest BCUT2D eigenvalue weighted by molar-refractivity contribution is 14.0. The van der Waals surface area contributed by atoms with Gasteiger partial charge in [-0.05, 0) is 0 Å². The number of hydrogen-bond donors (Lipinski definition) is 3. The Hall–Kier alpha value is -0.0400. The van der Waals surface area contributed by atoms with Crippen molar-refractivity contribution in [3.05, 3.63) is 0 Å². The Morgan fingerprint density at radius 2 is 1.88 bits per heavy atom. The van der Waals surface area contributed by atoms with Gasteiger partial charge in [-0.25, -0.2) is 0 Å². The van der Waals surface area contributed by atoms with E-state index in [0.29, 0.717) is 13.1 Å². The van der Waals surface area contributed by atoms with Crippen LogP contribution in [0.4, 0.5) is 0 Å². The van der Waals surface area contributed by atoms with Crippen LogP contribution in [0.1, 0.15) is 0 Å². The zero-order chi connectivity index (χ0) is 5.70.